The largest absolute Gasteiger partial charge is 0.468 e. The molecule has 0 fully saturated rings. The number of carbonyl (C=O) groups excluding carboxylic acids is 1. The Kier molecular flexibility index (Phi) is 5.02. The summed E-state index contributed by atoms with van der Waals surface area (Å²) in [7, 11) is 1.30. The van der Waals surface area contributed by atoms with Crippen molar-refractivity contribution in [1.29, 1.82) is 5.26 Å². The summed E-state index contributed by atoms with van der Waals surface area (Å²) in [6, 6.07) is 11.7. The summed E-state index contributed by atoms with van der Waals surface area (Å²) in [6.45, 7) is 3.07. The molecular weight excluding hydrogens is 216 g/mol. The molecule has 0 radical (unpaired) electrons. The third-order valence-corrected chi connectivity index (χ3v) is 2.55. The molecule has 0 aliphatic rings. The molecule has 0 bridgehead atoms. The number of methoxy groups -OCH3 is 1. The monoisotopic (exact) mass is 232 g/mol. The van der Waals surface area contributed by atoms with E-state index in [9.17, 15) is 4.79 Å². The zero-order chi connectivity index (χ0) is 12.7. The molecule has 0 heterocycles. The molecule has 1 aromatic carbocycles. The van der Waals surface area contributed by atoms with Crippen LogP contribution in [0, 0.1) is 17.2 Å². The molecule has 1 unspecified atom stereocenters. The van der Waals surface area contributed by atoms with Crippen molar-refractivity contribution < 1.29 is 9.53 Å². The first-order valence-corrected chi connectivity index (χ1v) is 5.50. The average Bonchev–Trinajstić information content (AvgIpc) is 2.40. The van der Waals surface area contributed by atoms with Gasteiger partial charge >= 0.3 is 5.97 Å². The first-order valence-electron chi connectivity index (χ1n) is 5.50. The van der Waals surface area contributed by atoms with E-state index in [2.05, 4.69) is 4.74 Å². The topological polar surface area (TPSA) is 53.3 Å². The first kappa shape index (κ1) is 13.0. The van der Waals surface area contributed by atoms with Gasteiger partial charge in [-0.1, -0.05) is 18.2 Å². The Morgan fingerprint density at radius 2 is 2.12 bits per heavy atom. The zero-order valence-electron chi connectivity index (χ0n) is 10.1. The molecule has 0 aromatic heterocycles. The van der Waals surface area contributed by atoms with Gasteiger partial charge in [-0.25, -0.2) is 0 Å². The van der Waals surface area contributed by atoms with Crippen LogP contribution >= 0.6 is 0 Å². The van der Waals surface area contributed by atoms with Gasteiger partial charge in [0.1, 0.15) is 0 Å². The highest BCUT2D eigenvalue weighted by Crippen LogP contribution is 2.15. The van der Waals surface area contributed by atoms with Crippen LogP contribution in [0.3, 0.4) is 0 Å². The SMILES string of the molecule is CCN(CC(C#N)C(=O)OC)c1ccccc1. The molecule has 17 heavy (non-hydrogen) atoms. The number of carbonyl (C=O) groups is 1. The number of nitrogens with zero attached hydrogens (tertiary/aromatic N) is 2. The molecule has 0 spiro atoms. The van der Waals surface area contributed by atoms with E-state index in [1.54, 1.807) is 0 Å². The fraction of sp³-hybridized carbons (Fsp3) is 0.385. The van der Waals surface area contributed by atoms with Gasteiger partial charge in [-0.3, -0.25) is 4.79 Å². The molecule has 0 saturated heterocycles. The summed E-state index contributed by atoms with van der Waals surface area (Å²) in [6.07, 6.45) is 0. The van der Waals surface area contributed by atoms with Crippen molar-refractivity contribution in [2.24, 2.45) is 5.92 Å². The zero-order valence-corrected chi connectivity index (χ0v) is 10.1. The number of hydrogen-bond acceptors (Lipinski definition) is 4. The van der Waals surface area contributed by atoms with E-state index in [1.165, 1.54) is 7.11 Å². The number of hydrogen-bond donors (Lipinski definition) is 0. The van der Waals surface area contributed by atoms with Crippen LogP contribution in [0.1, 0.15) is 6.92 Å². The Balaban J connectivity index is 2.77. The number of esters is 1. The van der Waals surface area contributed by atoms with Gasteiger partial charge in [-0.05, 0) is 19.1 Å². The minimum atomic E-state index is -0.750. The molecule has 0 saturated carbocycles. The maximum atomic E-state index is 11.4. The van der Waals surface area contributed by atoms with Gasteiger partial charge in [-0.2, -0.15) is 5.26 Å². The molecule has 1 aromatic rings. The molecule has 4 heteroatoms. The Hall–Kier alpha value is -2.02. The molecular formula is C13H16N2O2. The third kappa shape index (κ3) is 3.49. The van der Waals surface area contributed by atoms with E-state index >= 15 is 0 Å². The van der Waals surface area contributed by atoms with Gasteiger partial charge < -0.3 is 9.64 Å². The van der Waals surface area contributed by atoms with Crippen molar-refractivity contribution in [3.8, 4) is 6.07 Å². The lowest BCUT2D eigenvalue weighted by Gasteiger charge is -2.24. The Morgan fingerprint density at radius 1 is 1.47 bits per heavy atom. The van der Waals surface area contributed by atoms with Crippen LogP contribution in [-0.2, 0) is 9.53 Å². The highest BCUT2D eigenvalue weighted by Gasteiger charge is 2.21. The summed E-state index contributed by atoms with van der Waals surface area (Å²) in [5, 5.41) is 8.94. The lowest BCUT2D eigenvalue weighted by Crippen LogP contribution is -2.33. The average molecular weight is 232 g/mol. The Bertz CT molecular complexity index is 398. The van der Waals surface area contributed by atoms with E-state index in [-0.39, 0.29) is 0 Å². The number of anilines is 1. The Labute approximate surface area is 101 Å². The number of ether oxygens (including phenoxy) is 1. The van der Waals surface area contributed by atoms with E-state index < -0.39 is 11.9 Å². The van der Waals surface area contributed by atoms with Crippen LogP contribution in [0.5, 0.6) is 0 Å². The van der Waals surface area contributed by atoms with Gasteiger partial charge in [0.25, 0.3) is 0 Å². The fourth-order valence-electron chi connectivity index (χ4n) is 1.59. The standard InChI is InChI=1S/C13H16N2O2/c1-3-15(12-7-5-4-6-8-12)10-11(9-14)13(16)17-2/h4-8,11H,3,10H2,1-2H3. The van der Waals surface area contributed by atoms with Gasteiger partial charge in [0.2, 0.25) is 0 Å². The quantitative estimate of drug-likeness (QED) is 0.727. The van der Waals surface area contributed by atoms with Crippen LogP contribution in [0.15, 0.2) is 30.3 Å². The molecule has 0 aliphatic heterocycles. The lowest BCUT2D eigenvalue weighted by molar-refractivity contribution is -0.143. The number of rotatable bonds is 5. The third-order valence-electron chi connectivity index (χ3n) is 2.55. The summed E-state index contributed by atoms with van der Waals surface area (Å²) in [5.74, 6) is -1.23. The minimum Gasteiger partial charge on any atom is -0.468 e. The smallest absolute Gasteiger partial charge is 0.324 e. The first-order chi connectivity index (χ1) is 8.22. The van der Waals surface area contributed by atoms with E-state index in [1.807, 2.05) is 48.2 Å². The Morgan fingerprint density at radius 3 is 2.59 bits per heavy atom. The molecule has 4 nitrogen and oxygen atoms in total. The van der Waals surface area contributed by atoms with Crippen LogP contribution < -0.4 is 4.90 Å². The van der Waals surface area contributed by atoms with Crippen molar-refractivity contribution in [1.82, 2.24) is 0 Å². The number of benzene rings is 1. The highest BCUT2D eigenvalue weighted by atomic mass is 16.5. The second kappa shape index (κ2) is 6.54. The highest BCUT2D eigenvalue weighted by molar-refractivity contribution is 5.76. The maximum Gasteiger partial charge on any atom is 0.324 e. The van der Waals surface area contributed by atoms with Gasteiger partial charge in [0.05, 0.1) is 13.2 Å². The number of para-hydroxylation sites is 1. The summed E-state index contributed by atoms with van der Waals surface area (Å²) < 4.78 is 4.60. The summed E-state index contributed by atoms with van der Waals surface area (Å²) >= 11 is 0. The van der Waals surface area contributed by atoms with Crippen LogP contribution in [-0.4, -0.2) is 26.2 Å². The van der Waals surface area contributed by atoms with Crippen molar-refractivity contribution in [3.05, 3.63) is 30.3 Å². The van der Waals surface area contributed by atoms with Crippen molar-refractivity contribution in [2.75, 3.05) is 25.1 Å². The predicted molar refractivity (Wildman–Crippen MR) is 65.4 cm³/mol. The van der Waals surface area contributed by atoms with Crippen LogP contribution in [0.2, 0.25) is 0 Å². The van der Waals surface area contributed by atoms with Crippen molar-refractivity contribution >= 4 is 11.7 Å². The maximum absolute atomic E-state index is 11.4. The molecule has 1 rings (SSSR count). The molecule has 0 N–H and O–H groups in total. The van der Waals surface area contributed by atoms with E-state index in [4.69, 9.17) is 5.26 Å². The normalized spacial score (nSPS) is 11.4. The fourth-order valence-corrected chi connectivity index (χ4v) is 1.59. The lowest BCUT2D eigenvalue weighted by atomic mass is 10.1. The van der Waals surface area contributed by atoms with Gasteiger partial charge in [0.15, 0.2) is 5.92 Å². The van der Waals surface area contributed by atoms with Crippen molar-refractivity contribution in [2.45, 2.75) is 6.92 Å². The molecule has 0 aliphatic carbocycles. The minimum absolute atomic E-state index is 0.351. The second-order valence-corrected chi connectivity index (χ2v) is 3.58. The summed E-state index contributed by atoms with van der Waals surface area (Å²) in [4.78, 5) is 13.3. The second-order valence-electron chi connectivity index (χ2n) is 3.58. The van der Waals surface area contributed by atoms with Gasteiger partial charge in [0, 0.05) is 18.8 Å². The molecule has 0 amide bonds. The predicted octanol–water partition coefficient (Wildman–Crippen LogP) is 1.83. The molecule has 90 valence electrons. The van der Waals surface area contributed by atoms with E-state index in [0.29, 0.717) is 6.54 Å². The van der Waals surface area contributed by atoms with Crippen LogP contribution in [0.4, 0.5) is 5.69 Å². The summed E-state index contributed by atoms with van der Waals surface area (Å²) in [5.41, 5.74) is 0.999. The van der Waals surface area contributed by atoms with Gasteiger partial charge in [-0.15, -0.1) is 0 Å². The number of nitriles is 1. The van der Waals surface area contributed by atoms with E-state index in [0.717, 1.165) is 12.2 Å². The van der Waals surface area contributed by atoms with Crippen molar-refractivity contribution in [3.63, 3.8) is 0 Å². The molecule has 1 atom stereocenters. The van der Waals surface area contributed by atoms with Crippen LogP contribution in [0.25, 0.3) is 0 Å².